The summed E-state index contributed by atoms with van der Waals surface area (Å²) in [6.45, 7) is 0. The fraction of sp³-hybridized carbons (Fsp3) is 0. The Morgan fingerprint density at radius 3 is 2.62 bits per heavy atom. The van der Waals surface area contributed by atoms with Crippen LogP contribution in [-0.4, -0.2) is 14.4 Å². The molecular formula is C12H9BrF2N6. The van der Waals surface area contributed by atoms with Gasteiger partial charge in [-0.3, -0.25) is 0 Å². The Balaban J connectivity index is 2.11. The molecule has 1 aromatic carbocycles. The minimum Gasteiger partial charge on any atom is -0.332 e. The Labute approximate surface area is 126 Å². The van der Waals surface area contributed by atoms with Crippen molar-refractivity contribution in [2.45, 2.75) is 0 Å². The first-order valence-electron chi connectivity index (χ1n) is 5.80. The predicted molar refractivity (Wildman–Crippen MR) is 78.1 cm³/mol. The van der Waals surface area contributed by atoms with Gasteiger partial charge in [-0.1, -0.05) is 15.9 Å². The number of nitrogens with two attached hydrogens (primary N) is 1. The van der Waals surface area contributed by atoms with E-state index in [0.29, 0.717) is 15.9 Å². The molecule has 2 heterocycles. The van der Waals surface area contributed by atoms with Crippen LogP contribution in [0.2, 0.25) is 0 Å². The summed E-state index contributed by atoms with van der Waals surface area (Å²) in [6.07, 6.45) is 4.80. The quantitative estimate of drug-likeness (QED) is 0.497. The number of aromatic nitrogens is 3. The van der Waals surface area contributed by atoms with Gasteiger partial charge in [0.2, 0.25) is 0 Å². The molecule has 0 fully saturated rings. The van der Waals surface area contributed by atoms with Crippen LogP contribution in [0.4, 0.5) is 26.1 Å². The van der Waals surface area contributed by atoms with E-state index < -0.39 is 11.6 Å². The second kappa shape index (κ2) is 5.26. The van der Waals surface area contributed by atoms with Crippen molar-refractivity contribution in [3.63, 3.8) is 0 Å². The van der Waals surface area contributed by atoms with E-state index in [1.54, 1.807) is 16.8 Å². The molecule has 2 aromatic heterocycles. The molecule has 0 radical (unpaired) electrons. The molecule has 0 aliphatic carbocycles. The van der Waals surface area contributed by atoms with Gasteiger partial charge in [0.25, 0.3) is 0 Å². The van der Waals surface area contributed by atoms with Crippen LogP contribution in [0.25, 0.3) is 5.65 Å². The number of imidazole rings is 1. The first-order chi connectivity index (χ1) is 10.1. The van der Waals surface area contributed by atoms with Crippen LogP contribution in [0.5, 0.6) is 0 Å². The number of nitrogens with one attached hydrogen (secondary N) is 2. The first-order valence-corrected chi connectivity index (χ1v) is 6.59. The van der Waals surface area contributed by atoms with E-state index in [1.165, 1.54) is 6.20 Å². The molecule has 0 aliphatic rings. The van der Waals surface area contributed by atoms with Gasteiger partial charge in [-0.05, 0) is 12.1 Å². The van der Waals surface area contributed by atoms with Gasteiger partial charge in [-0.2, -0.15) is 0 Å². The van der Waals surface area contributed by atoms with E-state index in [2.05, 4.69) is 36.6 Å². The molecule has 6 nitrogen and oxygen atoms in total. The van der Waals surface area contributed by atoms with Crippen LogP contribution < -0.4 is 16.6 Å². The van der Waals surface area contributed by atoms with E-state index in [9.17, 15) is 8.78 Å². The fourth-order valence-corrected chi connectivity index (χ4v) is 2.27. The lowest BCUT2D eigenvalue weighted by Gasteiger charge is -2.11. The van der Waals surface area contributed by atoms with Gasteiger partial charge in [0.1, 0.15) is 5.69 Å². The number of nitrogens with zero attached hydrogens (tertiary/aromatic N) is 3. The second-order valence-electron chi connectivity index (χ2n) is 4.15. The van der Waals surface area contributed by atoms with Crippen LogP contribution >= 0.6 is 15.9 Å². The smallest absolute Gasteiger partial charge is 0.180 e. The van der Waals surface area contributed by atoms with E-state index in [-0.39, 0.29) is 11.5 Å². The zero-order valence-electron chi connectivity index (χ0n) is 10.4. The van der Waals surface area contributed by atoms with E-state index in [4.69, 9.17) is 5.84 Å². The van der Waals surface area contributed by atoms with Crippen molar-refractivity contribution >= 4 is 38.9 Å². The molecule has 0 saturated carbocycles. The molecule has 3 aromatic rings. The summed E-state index contributed by atoms with van der Waals surface area (Å²) < 4.78 is 29.7. The van der Waals surface area contributed by atoms with Crippen molar-refractivity contribution in [1.82, 2.24) is 14.4 Å². The minimum absolute atomic E-state index is 0.176. The van der Waals surface area contributed by atoms with Crippen LogP contribution in [0.15, 0.2) is 35.2 Å². The van der Waals surface area contributed by atoms with Crippen molar-refractivity contribution in [1.29, 1.82) is 0 Å². The Morgan fingerprint density at radius 2 is 1.95 bits per heavy atom. The third-order valence-electron chi connectivity index (χ3n) is 2.77. The zero-order valence-corrected chi connectivity index (χ0v) is 12.0. The van der Waals surface area contributed by atoms with Gasteiger partial charge in [0.15, 0.2) is 28.9 Å². The molecule has 9 heteroatoms. The highest BCUT2D eigenvalue weighted by Gasteiger charge is 2.14. The zero-order chi connectivity index (χ0) is 15.0. The molecule has 0 saturated heterocycles. The summed E-state index contributed by atoms with van der Waals surface area (Å²) in [4.78, 5) is 8.20. The Kier molecular flexibility index (Phi) is 3.43. The van der Waals surface area contributed by atoms with Gasteiger partial charge >= 0.3 is 0 Å². The van der Waals surface area contributed by atoms with Crippen LogP contribution in [0.1, 0.15) is 0 Å². The summed E-state index contributed by atoms with van der Waals surface area (Å²) in [5.74, 6) is 4.32. The monoisotopic (exact) mass is 354 g/mol. The number of fused-ring (bicyclic) bond motifs is 1. The highest BCUT2D eigenvalue weighted by molar-refractivity contribution is 9.10. The summed E-state index contributed by atoms with van der Waals surface area (Å²) in [5, 5.41) is 2.61. The topological polar surface area (TPSA) is 80.3 Å². The molecule has 0 aliphatic heterocycles. The summed E-state index contributed by atoms with van der Waals surface area (Å²) in [6, 6.07) is 2.30. The third-order valence-corrected chi connectivity index (χ3v) is 3.23. The maximum absolute atomic E-state index is 13.9. The highest BCUT2D eigenvalue weighted by atomic mass is 79.9. The summed E-state index contributed by atoms with van der Waals surface area (Å²) >= 11 is 3.02. The molecule has 0 bridgehead atoms. The molecular weight excluding hydrogens is 346 g/mol. The number of hydrogen-bond donors (Lipinski definition) is 3. The summed E-state index contributed by atoms with van der Waals surface area (Å²) in [5.41, 5.74) is 2.48. The SMILES string of the molecule is NNc1cn2ccnc2c(Nc2c(F)cc(Br)cc2F)n1. The number of hydrogen-bond acceptors (Lipinski definition) is 5. The van der Waals surface area contributed by atoms with Crippen molar-refractivity contribution in [2.24, 2.45) is 5.84 Å². The highest BCUT2D eigenvalue weighted by Crippen LogP contribution is 2.28. The van der Waals surface area contributed by atoms with Crippen molar-refractivity contribution in [3.8, 4) is 0 Å². The minimum atomic E-state index is -0.750. The molecule has 0 atom stereocenters. The van der Waals surface area contributed by atoms with E-state index in [0.717, 1.165) is 12.1 Å². The average molecular weight is 355 g/mol. The fourth-order valence-electron chi connectivity index (χ4n) is 1.87. The summed E-state index contributed by atoms with van der Waals surface area (Å²) in [7, 11) is 0. The lowest BCUT2D eigenvalue weighted by Crippen LogP contribution is -2.11. The normalized spacial score (nSPS) is 10.9. The lowest BCUT2D eigenvalue weighted by atomic mass is 10.3. The van der Waals surface area contributed by atoms with Gasteiger partial charge in [-0.25, -0.2) is 24.6 Å². The number of nitrogen functional groups attached to an aromatic ring is 1. The number of halogens is 3. The first kappa shape index (κ1) is 13.7. The van der Waals surface area contributed by atoms with E-state index in [1.807, 2.05) is 0 Å². The van der Waals surface area contributed by atoms with Crippen molar-refractivity contribution in [2.75, 3.05) is 10.7 Å². The second-order valence-corrected chi connectivity index (χ2v) is 5.06. The molecule has 3 rings (SSSR count). The maximum atomic E-state index is 13.9. The Bertz CT molecular complexity index is 796. The number of hydrazine groups is 1. The van der Waals surface area contributed by atoms with Crippen LogP contribution in [0, 0.1) is 11.6 Å². The predicted octanol–water partition coefficient (Wildman–Crippen LogP) is 2.80. The Hall–Kier alpha value is -2.26. The lowest BCUT2D eigenvalue weighted by molar-refractivity contribution is 0.589. The van der Waals surface area contributed by atoms with Gasteiger partial charge in [-0.15, -0.1) is 0 Å². The van der Waals surface area contributed by atoms with Crippen LogP contribution in [-0.2, 0) is 0 Å². The molecule has 21 heavy (non-hydrogen) atoms. The largest absolute Gasteiger partial charge is 0.332 e. The molecule has 108 valence electrons. The van der Waals surface area contributed by atoms with Crippen LogP contribution in [0.3, 0.4) is 0 Å². The number of rotatable bonds is 3. The van der Waals surface area contributed by atoms with E-state index >= 15 is 0 Å². The van der Waals surface area contributed by atoms with Gasteiger partial charge in [0.05, 0.1) is 6.20 Å². The molecule has 0 unspecified atom stereocenters. The average Bonchev–Trinajstić information content (AvgIpc) is 2.90. The molecule has 0 spiro atoms. The number of benzene rings is 1. The molecule has 4 N–H and O–H groups in total. The van der Waals surface area contributed by atoms with Gasteiger partial charge < -0.3 is 15.1 Å². The Morgan fingerprint density at radius 1 is 1.24 bits per heavy atom. The number of anilines is 3. The standard InChI is InChI=1S/C12H9BrF2N6/c13-6-3-7(14)10(8(15)4-6)19-11-12-17-1-2-21(12)5-9(18-11)20-16/h1-5,20H,16H2,(H,18,19). The maximum Gasteiger partial charge on any atom is 0.180 e. The van der Waals surface area contributed by atoms with Gasteiger partial charge in [0, 0.05) is 16.9 Å². The van der Waals surface area contributed by atoms with Crippen molar-refractivity contribution in [3.05, 3.63) is 46.8 Å². The third kappa shape index (κ3) is 2.52. The van der Waals surface area contributed by atoms with Crippen molar-refractivity contribution < 1.29 is 8.78 Å². The molecule has 0 amide bonds.